The summed E-state index contributed by atoms with van der Waals surface area (Å²) in [4.78, 5) is 118. The maximum Gasteiger partial charge on any atom is 0.328 e. The predicted molar refractivity (Wildman–Crippen MR) is 243 cm³/mol. The Kier molecular flexibility index (Phi) is 26.2. The number of carbonyl (C=O) groups excluding carboxylic acids is 8. The zero-order valence-corrected chi connectivity index (χ0v) is 39.5. The van der Waals surface area contributed by atoms with Crippen LogP contribution in [0.4, 0.5) is 0 Å². The minimum absolute atomic E-state index is 0.0762. The summed E-state index contributed by atoms with van der Waals surface area (Å²) >= 11 is 0. The fourth-order valence-corrected chi connectivity index (χ4v) is 6.38. The van der Waals surface area contributed by atoms with E-state index in [4.69, 9.17) is 11.5 Å². The van der Waals surface area contributed by atoms with Gasteiger partial charge < -0.3 is 84.6 Å². The van der Waals surface area contributed by atoms with Gasteiger partial charge in [0.15, 0.2) is 6.04 Å². The highest BCUT2D eigenvalue weighted by Crippen LogP contribution is 2.14. The molecule has 0 bridgehead atoms. The van der Waals surface area contributed by atoms with Crippen molar-refractivity contribution >= 4 is 53.2 Å². The van der Waals surface area contributed by atoms with Crippen molar-refractivity contribution in [1.29, 1.82) is 0 Å². The second kappa shape index (κ2) is 29.7. The average Bonchev–Trinajstić information content (AvgIpc) is 3.26. The molecule has 0 heterocycles. The Balaban J connectivity index is 3.21. The Morgan fingerprint density at radius 3 is 1.47 bits per heavy atom. The van der Waals surface area contributed by atoms with E-state index in [0.29, 0.717) is 31.4 Å². The molecule has 0 saturated heterocycles. The summed E-state index contributed by atoms with van der Waals surface area (Å²) in [5, 5.41) is 77.7. The number of phenols is 1. The van der Waals surface area contributed by atoms with Crippen LogP contribution in [-0.4, -0.2) is 170 Å². The minimum atomic E-state index is -1.80. The Morgan fingerprint density at radius 2 is 0.985 bits per heavy atom. The monoisotopic (exact) mass is 969 g/mol. The summed E-state index contributed by atoms with van der Waals surface area (Å²) in [6.07, 6.45) is -1.63. The summed E-state index contributed by atoms with van der Waals surface area (Å²) < 4.78 is 0. The Bertz CT molecular complexity index is 1850. The molecular formula is C43H72N10O15. The molecule has 0 radical (unpaired) electrons. The van der Waals surface area contributed by atoms with E-state index in [9.17, 15) is 73.8 Å². The van der Waals surface area contributed by atoms with Crippen molar-refractivity contribution in [2.45, 2.75) is 147 Å². The number of hydrogen-bond acceptors (Lipinski definition) is 16. The first kappa shape index (κ1) is 60.0. The van der Waals surface area contributed by atoms with Gasteiger partial charge in [-0.15, -0.1) is 0 Å². The second-order valence-electron chi connectivity index (χ2n) is 17.3. The van der Waals surface area contributed by atoms with E-state index in [2.05, 4.69) is 37.2 Å². The van der Waals surface area contributed by atoms with Gasteiger partial charge in [0.05, 0.1) is 31.5 Å². The summed E-state index contributed by atoms with van der Waals surface area (Å²) in [6.45, 7) is 8.47. The normalized spacial score (nSPS) is 16.2. The van der Waals surface area contributed by atoms with Crippen LogP contribution in [0, 0.1) is 11.8 Å². The maximum atomic E-state index is 14.0. The van der Waals surface area contributed by atoms with Gasteiger partial charge in [-0.25, -0.2) is 4.79 Å². The van der Waals surface area contributed by atoms with Crippen molar-refractivity contribution in [3.63, 3.8) is 0 Å². The summed E-state index contributed by atoms with van der Waals surface area (Å²) in [5.74, 6) is -10.2. The number of unbranched alkanes of at least 4 members (excludes halogenated alkanes) is 1. The number of aromatic hydroxyl groups is 1. The highest BCUT2D eigenvalue weighted by Gasteiger charge is 2.36. The molecule has 0 unspecified atom stereocenters. The number of nitrogens with one attached hydrogen (secondary N) is 8. The molecule has 0 spiro atoms. The molecule has 18 N–H and O–H groups in total. The molecule has 0 aliphatic heterocycles. The number of nitrogens with two attached hydrogens (primary N) is 2. The molecule has 1 rings (SSSR count). The number of hydrogen-bond donors (Lipinski definition) is 16. The fourth-order valence-electron chi connectivity index (χ4n) is 6.38. The van der Waals surface area contributed by atoms with E-state index >= 15 is 0 Å². The van der Waals surface area contributed by atoms with Gasteiger partial charge in [-0.1, -0.05) is 46.2 Å². The molecule has 0 aromatic heterocycles. The molecule has 0 aliphatic carbocycles. The van der Waals surface area contributed by atoms with Crippen molar-refractivity contribution in [2.24, 2.45) is 23.3 Å². The Morgan fingerprint density at radius 1 is 0.544 bits per heavy atom. The third-order valence-corrected chi connectivity index (χ3v) is 10.4. The number of carboxylic acid groups (broad SMARTS) is 1. The van der Waals surface area contributed by atoms with E-state index in [-0.39, 0.29) is 24.5 Å². The van der Waals surface area contributed by atoms with Crippen LogP contribution >= 0.6 is 0 Å². The summed E-state index contributed by atoms with van der Waals surface area (Å²) in [5.41, 5.74) is 12.1. The lowest BCUT2D eigenvalue weighted by molar-refractivity contribution is -0.145. The number of aliphatic hydroxyl groups is 4. The highest BCUT2D eigenvalue weighted by molar-refractivity contribution is 5.98. The number of carbonyl (C=O) groups is 9. The quantitative estimate of drug-likeness (QED) is 0.0321. The van der Waals surface area contributed by atoms with Crippen molar-refractivity contribution in [2.75, 3.05) is 19.8 Å². The third-order valence-electron chi connectivity index (χ3n) is 10.4. The molecule has 8 amide bonds. The van der Waals surface area contributed by atoms with E-state index in [0.717, 1.165) is 6.92 Å². The first-order valence-electron chi connectivity index (χ1n) is 22.2. The first-order valence-corrected chi connectivity index (χ1v) is 22.2. The molecule has 0 saturated carbocycles. The number of amides is 8. The van der Waals surface area contributed by atoms with E-state index in [1.807, 2.05) is 19.2 Å². The van der Waals surface area contributed by atoms with Gasteiger partial charge in [-0.2, -0.15) is 0 Å². The van der Waals surface area contributed by atoms with Gasteiger partial charge >= 0.3 is 5.97 Å². The molecule has 68 heavy (non-hydrogen) atoms. The Labute approximate surface area is 394 Å². The molecule has 0 aliphatic rings. The maximum absolute atomic E-state index is 14.0. The number of aliphatic hydroxyl groups excluding tert-OH is 4. The lowest BCUT2D eigenvalue weighted by Gasteiger charge is -2.29. The topological polar surface area (TPSA) is 423 Å². The van der Waals surface area contributed by atoms with Crippen molar-refractivity contribution in [3.8, 4) is 5.75 Å². The van der Waals surface area contributed by atoms with Crippen LogP contribution in [0.15, 0.2) is 24.3 Å². The van der Waals surface area contributed by atoms with Crippen LogP contribution in [0.25, 0.3) is 0 Å². The van der Waals surface area contributed by atoms with Crippen molar-refractivity contribution in [1.82, 2.24) is 42.5 Å². The first-order chi connectivity index (χ1) is 31.8. The second-order valence-corrected chi connectivity index (χ2v) is 17.3. The van der Waals surface area contributed by atoms with Gasteiger partial charge in [0, 0.05) is 6.42 Å². The third kappa shape index (κ3) is 20.5. The standard InChI is InChI=1S/C43H72N10O15/c1-20(2)16-28(47-36(60)27(45)10-8-9-15-44)37(61)48-29(17-25-11-13-26(58)14-12-25)38(62)52-33(23(6)56)42(66)46-22(5)35(59)51-32(21(3)4)41(65)50-30(18-54)39(63)49-31(19-55)40(64)53-34(24(7)57)43(67)68/h11-14,20-24,27-34,54-58H,8-10,15-19,44-45H2,1-7H3,(H,46,66)(H,47,60)(H,48,61)(H,49,63)(H,50,65)(H,51,59)(H,52,62)(H,53,64)(H,67,68)/t22-,23+,24+,27-,28-,29-,30-,31-,32-,33-,34-/m0/s1. The summed E-state index contributed by atoms with van der Waals surface area (Å²) in [7, 11) is 0. The average molecular weight is 969 g/mol. The van der Waals surface area contributed by atoms with Gasteiger partial charge in [0.1, 0.15) is 48.0 Å². The van der Waals surface area contributed by atoms with Crippen LogP contribution in [0.3, 0.4) is 0 Å². The SMILES string of the molecule is CC(C)C[C@H](NC(=O)[C@@H](N)CCCCN)C(=O)N[C@@H](Cc1ccc(O)cc1)C(=O)N[C@H](C(=O)N[C@@H](C)C(=O)N[C@H](C(=O)N[C@@H](CO)C(=O)N[C@@H](CO)C(=O)N[C@H](C(=O)O)[C@@H](C)O)C(C)C)[C@@H](C)O. The molecule has 11 atom stereocenters. The van der Waals surface area contributed by atoms with Crippen LogP contribution < -0.4 is 54.0 Å². The highest BCUT2D eigenvalue weighted by atomic mass is 16.4. The zero-order chi connectivity index (χ0) is 52.0. The van der Waals surface area contributed by atoms with Gasteiger partial charge in [-0.3, -0.25) is 38.4 Å². The minimum Gasteiger partial charge on any atom is -0.508 e. The van der Waals surface area contributed by atoms with Crippen molar-refractivity contribution in [3.05, 3.63) is 29.8 Å². The van der Waals surface area contributed by atoms with Gasteiger partial charge in [0.25, 0.3) is 0 Å². The number of rotatable bonds is 30. The number of benzene rings is 1. The smallest absolute Gasteiger partial charge is 0.328 e. The van der Waals surface area contributed by atoms with Crippen LogP contribution in [0.5, 0.6) is 5.75 Å². The molecule has 25 nitrogen and oxygen atoms in total. The lowest BCUT2D eigenvalue weighted by atomic mass is 10.00. The largest absolute Gasteiger partial charge is 0.508 e. The van der Waals surface area contributed by atoms with Gasteiger partial charge in [0.2, 0.25) is 47.3 Å². The molecule has 0 fully saturated rings. The Hall–Kier alpha value is -5.99. The van der Waals surface area contributed by atoms with Crippen LogP contribution in [0.1, 0.15) is 79.7 Å². The van der Waals surface area contributed by atoms with Gasteiger partial charge in [-0.05, 0) is 76.1 Å². The number of carboxylic acids is 1. The molecular weight excluding hydrogens is 897 g/mol. The van der Waals surface area contributed by atoms with Crippen LogP contribution in [0.2, 0.25) is 0 Å². The summed E-state index contributed by atoms with van der Waals surface area (Å²) in [6, 6.07) is -7.73. The predicted octanol–water partition coefficient (Wildman–Crippen LogP) is -5.18. The molecule has 384 valence electrons. The number of aliphatic carboxylic acids is 1. The lowest BCUT2D eigenvalue weighted by Crippen LogP contribution is -2.62. The van der Waals surface area contributed by atoms with E-state index in [1.165, 1.54) is 52.0 Å². The fraction of sp³-hybridized carbons (Fsp3) is 0.651. The molecule has 25 heteroatoms. The molecule has 1 aromatic rings. The van der Waals surface area contributed by atoms with Crippen molar-refractivity contribution < 1.29 is 73.8 Å². The molecule has 1 aromatic carbocycles. The number of phenolic OH excluding ortho intramolecular Hbond substituents is 1. The van der Waals surface area contributed by atoms with E-state index < -0.39 is 139 Å². The van der Waals surface area contributed by atoms with E-state index in [1.54, 1.807) is 0 Å². The zero-order valence-electron chi connectivity index (χ0n) is 39.5. The van der Waals surface area contributed by atoms with Crippen LogP contribution in [-0.2, 0) is 49.6 Å².